The van der Waals surface area contributed by atoms with Crippen LogP contribution in [0.3, 0.4) is 0 Å². The minimum atomic E-state index is -0.0196. The van der Waals surface area contributed by atoms with Crippen molar-refractivity contribution in [3.05, 3.63) is 193 Å². The van der Waals surface area contributed by atoms with Gasteiger partial charge >= 0.3 is 0 Å². The number of hydrogen-bond acceptors (Lipinski definition) is 2. The van der Waals surface area contributed by atoms with Gasteiger partial charge in [-0.2, -0.15) is 0 Å². The fraction of sp³-hybridized carbons (Fsp3) is 0.0612. The Kier molecular flexibility index (Phi) is 7.51. The number of hydrogen-bond donors (Lipinski definition) is 0. The van der Waals surface area contributed by atoms with Crippen LogP contribution in [0, 0.1) is 0 Å². The van der Waals surface area contributed by atoms with E-state index in [1.807, 2.05) is 12.1 Å². The van der Waals surface area contributed by atoms with E-state index in [0.717, 1.165) is 39.2 Å². The van der Waals surface area contributed by atoms with E-state index in [-0.39, 0.29) is 5.41 Å². The molecule has 1 aliphatic rings. The van der Waals surface area contributed by atoms with Crippen LogP contribution in [0.5, 0.6) is 0 Å². The maximum absolute atomic E-state index is 5.17. The minimum absolute atomic E-state index is 0.0196. The van der Waals surface area contributed by atoms with Gasteiger partial charge in [0.2, 0.25) is 0 Å². The highest BCUT2D eigenvalue weighted by atomic mass is 14.9. The van der Waals surface area contributed by atoms with Gasteiger partial charge in [-0.3, -0.25) is 0 Å². The molecule has 0 bridgehead atoms. The molecule has 9 rings (SSSR count). The molecule has 0 saturated carbocycles. The van der Waals surface area contributed by atoms with Crippen LogP contribution in [0.4, 0.5) is 0 Å². The van der Waals surface area contributed by atoms with Crippen molar-refractivity contribution >= 4 is 0 Å². The topological polar surface area (TPSA) is 25.8 Å². The molecule has 0 N–H and O–H groups in total. The maximum atomic E-state index is 5.17. The Morgan fingerprint density at radius 3 is 1.45 bits per heavy atom. The predicted octanol–water partition coefficient (Wildman–Crippen LogP) is 12.8. The SMILES string of the molecule is CC1(C)c2ccccc2-c2ccc(-c3ccc(-c4cccc(-c5cc(-c6ccccc6)nc(-c6cccc(-c7ccccc7)c6)n5)c4)cc3)cc21. The van der Waals surface area contributed by atoms with Gasteiger partial charge in [0.05, 0.1) is 11.4 Å². The monoisotopic (exact) mass is 652 g/mol. The van der Waals surface area contributed by atoms with Gasteiger partial charge in [-0.25, -0.2) is 9.97 Å². The fourth-order valence-corrected chi connectivity index (χ4v) is 7.55. The van der Waals surface area contributed by atoms with Crippen molar-refractivity contribution in [3.63, 3.8) is 0 Å². The largest absolute Gasteiger partial charge is 0.228 e. The van der Waals surface area contributed by atoms with Crippen molar-refractivity contribution in [1.82, 2.24) is 9.97 Å². The average molecular weight is 653 g/mol. The van der Waals surface area contributed by atoms with Gasteiger partial charge in [-0.15, -0.1) is 0 Å². The Morgan fingerprint density at radius 2 is 0.765 bits per heavy atom. The average Bonchev–Trinajstić information content (AvgIpc) is 3.44. The summed E-state index contributed by atoms with van der Waals surface area (Å²) >= 11 is 0. The molecule has 1 aromatic heterocycles. The second-order valence-corrected chi connectivity index (χ2v) is 13.9. The molecule has 2 nitrogen and oxygen atoms in total. The van der Waals surface area contributed by atoms with Gasteiger partial charge in [0.15, 0.2) is 5.82 Å². The van der Waals surface area contributed by atoms with Crippen LogP contribution in [0.25, 0.3) is 78.4 Å². The molecule has 0 saturated heterocycles. The zero-order chi connectivity index (χ0) is 34.4. The summed E-state index contributed by atoms with van der Waals surface area (Å²) in [6, 6.07) is 64.8. The first-order valence-electron chi connectivity index (χ1n) is 17.6. The number of fused-ring (bicyclic) bond motifs is 3. The Hall–Kier alpha value is -6.38. The summed E-state index contributed by atoms with van der Waals surface area (Å²) < 4.78 is 0. The van der Waals surface area contributed by atoms with Gasteiger partial charge in [0.1, 0.15) is 0 Å². The van der Waals surface area contributed by atoms with Gasteiger partial charge in [-0.1, -0.05) is 172 Å². The molecular weight excluding hydrogens is 617 g/mol. The normalized spacial score (nSPS) is 12.7. The minimum Gasteiger partial charge on any atom is -0.228 e. The van der Waals surface area contributed by atoms with Gasteiger partial charge < -0.3 is 0 Å². The summed E-state index contributed by atoms with van der Waals surface area (Å²) in [5.41, 5.74) is 17.5. The van der Waals surface area contributed by atoms with E-state index in [1.165, 1.54) is 44.5 Å². The lowest BCUT2D eigenvalue weighted by atomic mass is 9.81. The number of aromatic nitrogens is 2. The number of rotatable bonds is 6. The summed E-state index contributed by atoms with van der Waals surface area (Å²) in [5, 5.41) is 0. The highest BCUT2D eigenvalue weighted by Crippen LogP contribution is 2.49. The first-order chi connectivity index (χ1) is 25.0. The molecule has 0 amide bonds. The predicted molar refractivity (Wildman–Crippen MR) is 212 cm³/mol. The summed E-state index contributed by atoms with van der Waals surface area (Å²) in [4.78, 5) is 10.3. The van der Waals surface area contributed by atoms with Gasteiger partial charge in [0.25, 0.3) is 0 Å². The third-order valence-electron chi connectivity index (χ3n) is 10.3. The standard InChI is InChI=1S/C49H36N2/c1-49(2)44-22-10-9-21-42(44)43-28-27-39(31-45(43)49)35-25-23-34(24-26-35)37-17-11-19-40(29-37)47-32-46(36-15-7-4-8-16-36)50-48(51-47)41-20-12-18-38(30-41)33-13-5-3-6-14-33/h3-32H,1-2H3. The van der Waals surface area contributed by atoms with E-state index in [0.29, 0.717) is 5.82 Å². The number of benzene rings is 7. The summed E-state index contributed by atoms with van der Waals surface area (Å²) in [5.74, 6) is 0.708. The highest BCUT2D eigenvalue weighted by molar-refractivity contribution is 5.84. The van der Waals surface area contributed by atoms with Crippen LogP contribution in [-0.2, 0) is 5.41 Å². The third-order valence-corrected chi connectivity index (χ3v) is 10.3. The molecule has 2 heteroatoms. The van der Waals surface area contributed by atoms with Crippen molar-refractivity contribution in [2.24, 2.45) is 0 Å². The molecule has 0 aliphatic heterocycles. The van der Waals surface area contributed by atoms with Crippen LogP contribution >= 0.6 is 0 Å². The maximum Gasteiger partial charge on any atom is 0.160 e. The Labute approximate surface area is 299 Å². The Morgan fingerprint density at radius 1 is 0.314 bits per heavy atom. The summed E-state index contributed by atoms with van der Waals surface area (Å²) in [7, 11) is 0. The van der Waals surface area contributed by atoms with E-state index in [4.69, 9.17) is 9.97 Å². The lowest BCUT2D eigenvalue weighted by Gasteiger charge is -2.22. The third kappa shape index (κ3) is 5.65. The Balaban J connectivity index is 1.06. The molecule has 0 spiro atoms. The van der Waals surface area contributed by atoms with Crippen LogP contribution in [-0.4, -0.2) is 9.97 Å². The first kappa shape index (κ1) is 30.7. The van der Waals surface area contributed by atoms with E-state index in [1.54, 1.807) is 0 Å². The molecule has 242 valence electrons. The zero-order valence-electron chi connectivity index (χ0n) is 28.7. The summed E-state index contributed by atoms with van der Waals surface area (Å²) in [6.07, 6.45) is 0. The van der Waals surface area contributed by atoms with Crippen molar-refractivity contribution in [3.8, 4) is 78.4 Å². The van der Waals surface area contributed by atoms with Crippen LogP contribution < -0.4 is 0 Å². The van der Waals surface area contributed by atoms with Crippen molar-refractivity contribution < 1.29 is 0 Å². The van der Waals surface area contributed by atoms with Crippen LogP contribution in [0.15, 0.2) is 182 Å². The quantitative estimate of drug-likeness (QED) is 0.179. The second kappa shape index (κ2) is 12.5. The lowest BCUT2D eigenvalue weighted by molar-refractivity contribution is 0.660. The van der Waals surface area contributed by atoms with Crippen molar-refractivity contribution in [2.45, 2.75) is 19.3 Å². The van der Waals surface area contributed by atoms with E-state index in [9.17, 15) is 0 Å². The summed E-state index contributed by atoms with van der Waals surface area (Å²) in [6.45, 7) is 4.67. The molecule has 7 aromatic carbocycles. The molecule has 0 unspecified atom stereocenters. The second-order valence-electron chi connectivity index (χ2n) is 13.9. The first-order valence-corrected chi connectivity index (χ1v) is 17.6. The highest BCUT2D eigenvalue weighted by Gasteiger charge is 2.35. The molecule has 8 aromatic rings. The molecule has 0 radical (unpaired) electrons. The zero-order valence-corrected chi connectivity index (χ0v) is 28.7. The van der Waals surface area contributed by atoms with E-state index in [2.05, 4.69) is 184 Å². The fourth-order valence-electron chi connectivity index (χ4n) is 7.55. The number of nitrogens with zero attached hydrogens (tertiary/aromatic N) is 2. The molecule has 0 fully saturated rings. The van der Waals surface area contributed by atoms with Crippen molar-refractivity contribution in [1.29, 1.82) is 0 Å². The van der Waals surface area contributed by atoms with Gasteiger partial charge in [0, 0.05) is 22.1 Å². The van der Waals surface area contributed by atoms with Crippen molar-refractivity contribution in [2.75, 3.05) is 0 Å². The molecule has 0 atom stereocenters. The molecule has 1 heterocycles. The van der Waals surface area contributed by atoms with Crippen LogP contribution in [0.2, 0.25) is 0 Å². The molecular formula is C49H36N2. The van der Waals surface area contributed by atoms with Gasteiger partial charge in [-0.05, 0) is 79.9 Å². The smallest absolute Gasteiger partial charge is 0.160 e. The van der Waals surface area contributed by atoms with E-state index < -0.39 is 0 Å². The van der Waals surface area contributed by atoms with Crippen LogP contribution in [0.1, 0.15) is 25.0 Å². The Bertz CT molecular complexity index is 2530. The van der Waals surface area contributed by atoms with E-state index >= 15 is 0 Å². The lowest BCUT2D eigenvalue weighted by Crippen LogP contribution is -2.14. The molecule has 51 heavy (non-hydrogen) atoms. The molecule has 1 aliphatic carbocycles.